The van der Waals surface area contributed by atoms with Crippen LogP contribution in [0.4, 0.5) is 5.69 Å². The number of benzene rings is 1. The minimum atomic E-state index is 0.659. The molecule has 7 heteroatoms. The van der Waals surface area contributed by atoms with Gasteiger partial charge in [0.1, 0.15) is 0 Å². The Balaban J connectivity index is 1.68. The lowest BCUT2D eigenvalue weighted by atomic mass is 10.2. The van der Waals surface area contributed by atoms with Gasteiger partial charge in [0.15, 0.2) is 5.11 Å². The van der Waals surface area contributed by atoms with Gasteiger partial charge >= 0.3 is 0 Å². The van der Waals surface area contributed by atoms with Gasteiger partial charge in [0.05, 0.1) is 35.9 Å². The average molecular weight is 383 g/mol. The molecule has 0 fully saturated rings. The first kappa shape index (κ1) is 19.1. The summed E-state index contributed by atoms with van der Waals surface area (Å²) in [6, 6.07) is 12.4. The first-order chi connectivity index (χ1) is 13.0. The molecule has 27 heavy (non-hydrogen) atoms. The lowest BCUT2D eigenvalue weighted by molar-refractivity contribution is 0.492. The second-order valence-electron chi connectivity index (χ2n) is 6.64. The SMILES string of the molecule is CCn1ccc(CN(C)C(=S)Nc2c(C)nn(Cc3ccccc3)c2C)n1. The fraction of sp³-hybridized carbons (Fsp3) is 0.350. The molecule has 1 N–H and O–H groups in total. The molecule has 0 amide bonds. The van der Waals surface area contributed by atoms with Crippen LogP contribution in [0.2, 0.25) is 0 Å². The number of rotatable bonds is 6. The molecule has 2 heterocycles. The summed E-state index contributed by atoms with van der Waals surface area (Å²) in [6.07, 6.45) is 1.99. The maximum atomic E-state index is 5.59. The zero-order valence-corrected chi connectivity index (χ0v) is 17.1. The summed E-state index contributed by atoms with van der Waals surface area (Å²) in [5, 5.41) is 13.2. The Hall–Kier alpha value is -2.67. The summed E-state index contributed by atoms with van der Waals surface area (Å²) >= 11 is 5.59. The van der Waals surface area contributed by atoms with Gasteiger partial charge < -0.3 is 10.2 Å². The van der Waals surface area contributed by atoms with Crippen LogP contribution in [-0.4, -0.2) is 36.6 Å². The average Bonchev–Trinajstić information content (AvgIpc) is 3.22. The van der Waals surface area contributed by atoms with Crippen LogP contribution in [0.3, 0.4) is 0 Å². The number of anilines is 1. The van der Waals surface area contributed by atoms with Crippen LogP contribution in [-0.2, 0) is 19.6 Å². The van der Waals surface area contributed by atoms with E-state index in [9.17, 15) is 0 Å². The Labute approximate surface area is 165 Å². The van der Waals surface area contributed by atoms with Crippen molar-refractivity contribution in [3.63, 3.8) is 0 Å². The second kappa shape index (κ2) is 8.35. The minimum Gasteiger partial charge on any atom is -0.346 e. The van der Waals surface area contributed by atoms with Gasteiger partial charge in [-0.2, -0.15) is 10.2 Å². The molecule has 142 valence electrons. The van der Waals surface area contributed by atoms with Crippen molar-refractivity contribution in [2.24, 2.45) is 0 Å². The van der Waals surface area contributed by atoms with Crippen molar-refractivity contribution in [1.29, 1.82) is 0 Å². The number of hydrogen-bond donors (Lipinski definition) is 1. The van der Waals surface area contributed by atoms with Crippen LogP contribution in [0.25, 0.3) is 0 Å². The van der Waals surface area contributed by atoms with E-state index in [0.29, 0.717) is 11.7 Å². The molecule has 0 radical (unpaired) electrons. The van der Waals surface area contributed by atoms with Gasteiger partial charge in [0, 0.05) is 19.8 Å². The smallest absolute Gasteiger partial charge is 0.173 e. The highest BCUT2D eigenvalue weighted by atomic mass is 32.1. The van der Waals surface area contributed by atoms with E-state index in [-0.39, 0.29) is 0 Å². The Morgan fingerprint density at radius 1 is 1.15 bits per heavy atom. The van der Waals surface area contributed by atoms with E-state index >= 15 is 0 Å². The van der Waals surface area contributed by atoms with Crippen LogP contribution >= 0.6 is 12.2 Å². The molecule has 2 aromatic heterocycles. The maximum absolute atomic E-state index is 5.59. The second-order valence-corrected chi connectivity index (χ2v) is 7.02. The van der Waals surface area contributed by atoms with Crippen molar-refractivity contribution in [1.82, 2.24) is 24.5 Å². The minimum absolute atomic E-state index is 0.659. The van der Waals surface area contributed by atoms with E-state index < -0.39 is 0 Å². The van der Waals surface area contributed by atoms with Gasteiger partial charge in [-0.25, -0.2) is 0 Å². The fourth-order valence-electron chi connectivity index (χ4n) is 2.97. The highest BCUT2D eigenvalue weighted by Gasteiger charge is 2.15. The van der Waals surface area contributed by atoms with Gasteiger partial charge in [-0.05, 0) is 44.6 Å². The molecule has 1 aromatic carbocycles. The zero-order chi connectivity index (χ0) is 19.4. The van der Waals surface area contributed by atoms with E-state index in [1.165, 1.54) is 5.56 Å². The zero-order valence-electron chi connectivity index (χ0n) is 16.3. The molecule has 0 aliphatic heterocycles. The molecular weight excluding hydrogens is 356 g/mol. The number of thiocarbonyl (C=S) groups is 1. The monoisotopic (exact) mass is 382 g/mol. The summed E-state index contributed by atoms with van der Waals surface area (Å²) in [5.41, 5.74) is 5.20. The van der Waals surface area contributed by atoms with Gasteiger partial charge in [-0.15, -0.1) is 0 Å². The van der Waals surface area contributed by atoms with E-state index in [0.717, 1.165) is 35.9 Å². The van der Waals surface area contributed by atoms with E-state index in [1.54, 1.807) is 0 Å². The lowest BCUT2D eigenvalue weighted by Crippen LogP contribution is -2.31. The lowest BCUT2D eigenvalue weighted by Gasteiger charge is -2.20. The molecule has 0 saturated carbocycles. The molecule has 3 aromatic rings. The number of nitrogens with one attached hydrogen (secondary N) is 1. The van der Waals surface area contributed by atoms with Gasteiger partial charge in [-0.3, -0.25) is 9.36 Å². The maximum Gasteiger partial charge on any atom is 0.173 e. The van der Waals surface area contributed by atoms with Crippen molar-refractivity contribution >= 4 is 23.0 Å². The summed E-state index contributed by atoms with van der Waals surface area (Å²) < 4.78 is 3.93. The van der Waals surface area contributed by atoms with Crippen LogP contribution in [0, 0.1) is 13.8 Å². The molecule has 0 aliphatic carbocycles. The predicted octanol–water partition coefficient (Wildman–Crippen LogP) is 3.59. The number of hydrogen-bond acceptors (Lipinski definition) is 3. The fourth-order valence-corrected chi connectivity index (χ4v) is 3.14. The Morgan fingerprint density at radius 3 is 2.56 bits per heavy atom. The van der Waals surface area contributed by atoms with Crippen molar-refractivity contribution < 1.29 is 0 Å². The van der Waals surface area contributed by atoms with Crippen molar-refractivity contribution in [3.8, 4) is 0 Å². The number of nitrogens with zero attached hydrogens (tertiary/aromatic N) is 5. The summed E-state index contributed by atoms with van der Waals surface area (Å²) in [5.74, 6) is 0. The molecule has 3 rings (SSSR count). The largest absolute Gasteiger partial charge is 0.346 e. The molecule has 0 aliphatic rings. The predicted molar refractivity (Wildman–Crippen MR) is 113 cm³/mol. The molecule has 6 nitrogen and oxygen atoms in total. The van der Waals surface area contributed by atoms with Crippen LogP contribution in [0.5, 0.6) is 0 Å². The third kappa shape index (κ3) is 4.54. The van der Waals surface area contributed by atoms with Gasteiger partial charge in [0.2, 0.25) is 0 Å². The molecule has 0 bridgehead atoms. The molecular formula is C20H26N6S. The Morgan fingerprint density at radius 2 is 1.89 bits per heavy atom. The third-order valence-corrected chi connectivity index (χ3v) is 4.97. The quantitative estimate of drug-likeness (QED) is 0.660. The summed E-state index contributed by atoms with van der Waals surface area (Å²) in [7, 11) is 1.97. The number of aryl methyl sites for hydroxylation is 2. The molecule has 0 atom stereocenters. The first-order valence-electron chi connectivity index (χ1n) is 9.10. The Bertz CT molecular complexity index is 912. The Kier molecular flexibility index (Phi) is 5.91. The first-order valence-corrected chi connectivity index (χ1v) is 9.51. The van der Waals surface area contributed by atoms with E-state index in [1.807, 2.05) is 58.7 Å². The standard InChI is InChI=1S/C20H26N6S/c1-5-25-12-11-18(23-25)14-24(4)20(27)21-19-15(2)22-26(16(19)3)13-17-9-7-6-8-10-17/h6-12H,5,13-14H2,1-4H3,(H,21,27). The van der Waals surface area contributed by atoms with Crippen molar-refractivity contribution in [2.75, 3.05) is 12.4 Å². The highest BCUT2D eigenvalue weighted by Crippen LogP contribution is 2.21. The van der Waals surface area contributed by atoms with E-state index in [2.05, 4.69) is 41.5 Å². The molecule has 0 spiro atoms. The molecule has 0 saturated heterocycles. The van der Waals surface area contributed by atoms with Gasteiger partial charge in [0.25, 0.3) is 0 Å². The van der Waals surface area contributed by atoms with Crippen molar-refractivity contribution in [3.05, 3.63) is 65.2 Å². The topological polar surface area (TPSA) is 50.9 Å². The van der Waals surface area contributed by atoms with Crippen LogP contribution in [0.1, 0.15) is 29.6 Å². The highest BCUT2D eigenvalue weighted by molar-refractivity contribution is 7.80. The summed E-state index contributed by atoms with van der Waals surface area (Å²) in [6.45, 7) is 8.41. The van der Waals surface area contributed by atoms with Gasteiger partial charge in [-0.1, -0.05) is 30.3 Å². The number of aromatic nitrogens is 4. The third-order valence-electron chi connectivity index (χ3n) is 4.55. The van der Waals surface area contributed by atoms with E-state index in [4.69, 9.17) is 12.2 Å². The summed E-state index contributed by atoms with van der Waals surface area (Å²) in [4.78, 5) is 1.99. The van der Waals surface area contributed by atoms with Crippen LogP contribution < -0.4 is 5.32 Å². The normalized spacial score (nSPS) is 10.8. The molecule has 0 unspecified atom stereocenters. The van der Waals surface area contributed by atoms with Crippen LogP contribution in [0.15, 0.2) is 42.6 Å². The van der Waals surface area contributed by atoms with Crippen molar-refractivity contribution in [2.45, 2.75) is 40.4 Å².